The van der Waals surface area contributed by atoms with E-state index in [9.17, 15) is 9.90 Å². The molecule has 3 rings (SSSR count). The monoisotopic (exact) mass is 365 g/mol. The third-order valence-electron chi connectivity index (χ3n) is 4.34. The molecule has 1 amide bonds. The van der Waals surface area contributed by atoms with Gasteiger partial charge in [0, 0.05) is 11.3 Å². The van der Waals surface area contributed by atoms with Crippen LogP contribution in [-0.4, -0.2) is 40.7 Å². The first-order valence-corrected chi connectivity index (χ1v) is 8.77. The molecule has 27 heavy (non-hydrogen) atoms. The van der Waals surface area contributed by atoms with E-state index in [0.29, 0.717) is 23.6 Å². The minimum absolute atomic E-state index is 0.143. The number of nitrogens with zero attached hydrogens (tertiary/aromatic N) is 1. The molecule has 0 radical (unpaired) electrons. The number of amides is 1. The Morgan fingerprint density at radius 3 is 2.52 bits per heavy atom. The highest BCUT2D eigenvalue weighted by Crippen LogP contribution is 2.21. The van der Waals surface area contributed by atoms with Crippen molar-refractivity contribution >= 4 is 5.91 Å². The van der Waals surface area contributed by atoms with E-state index in [1.54, 1.807) is 14.0 Å². The molecule has 140 valence electrons. The maximum atomic E-state index is 12.6. The second-order valence-corrected chi connectivity index (χ2v) is 6.33. The molecule has 6 nitrogen and oxygen atoms in total. The van der Waals surface area contributed by atoms with Gasteiger partial charge in [0.2, 0.25) is 0 Å². The average Bonchev–Trinajstić information content (AvgIpc) is 3.10. The van der Waals surface area contributed by atoms with E-state index < -0.39 is 0 Å². The fraction of sp³-hybridized carbons (Fsp3) is 0.238. The van der Waals surface area contributed by atoms with Gasteiger partial charge < -0.3 is 20.1 Å². The average molecular weight is 365 g/mol. The predicted octanol–water partition coefficient (Wildman–Crippen LogP) is 2.73. The van der Waals surface area contributed by atoms with Crippen LogP contribution in [0.25, 0.3) is 11.4 Å². The van der Waals surface area contributed by atoms with Gasteiger partial charge in [-0.25, -0.2) is 4.98 Å². The van der Waals surface area contributed by atoms with E-state index in [-0.39, 0.29) is 18.6 Å². The molecule has 1 heterocycles. The minimum Gasteiger partial charge on any atom is -0.497 e. The Kier molecular flexibility index (Phi) is 5.88. The maximum absolute atomic E-state index is 12.6. The number of carbonyl (C=O) groups excluding carboxylic acids is 1. The first-order chi connectivity index (χ1) is 13.1. The van der Waals surface area contributed by atoms with E-state index in [4.69, 9.17) is 4.74 Å². The lowest BCUT2D eigenvalue weighted by atomic mass is 10.1. The van der Waals surface area contributed by atoms with Crippen molar-refractivity contribution in [2.75, 3.05) is 13.7 Å². The normalized spacial score (nSPS) is 11.8. The van der Waals surface area contributed by atoms with Gasteiger partial charge in [-0.2, -0.15) is 0 Å². The standard InChI is InChI=1S/C21H23N3O3/c1-14-19(24-20(22-14)16-8-10-18(27-2)11-9-16)21(26)23-17(13-25)12-15-6-4-3-5-7-15/h3-11,17,25H,12-13H2,1-2H3,(H,22,24)(H,23,26)/t17-/m0/s1. The zero-order valence-electron chi connectivity index (χ0n) is 15.4. The lowest BCUT2D eigenvalue weighted by molar-refractivity contribution is 0.0911. The van der Waals surface area contributed by atoms with Crippen LogP contribution in [0, 0.1) is 6.92 Å². The molecule has 0 spiro atoms. The maximum Gasteiger partial charge on any atom is 0.272 e. The SMILES string of the molecule is COc1ccc(-c2nc(C(=O)N[C@H](CO)Cc3ccccc3)c(C)[nH]2)cc1. The number of H-pyrrole nitrogens is 1. The Labute approximate surface area is 158 Å². The Morgan fingerprint density at radius 2 is 1.89 bits per heavy atom. The molecular formula is C21H23N3O3. The van der Waals surface area contributed by atoms with E-state index >= 15 is 0 Å². The Morgan fingerprint density at radius 1 is 1.19 bits per heavy atom. The molecule has 0 aliphatic rings. The van der Waals surface area contributed by atoms with Gasteiger partial charge in [0.15, 0.2) is 0 Å². The third-order valence-corrected chi connectivity index (χ3v) is 4.34. The Hall–Kier alpha value is -3.12. The van der Waals surface area contributed by atoms with Crippen molar-refractivity contribution in [1.82, 2.24) is 15.3 Å². The van der Waals surface area contributed by atoms with Gasteiger partial charge in [-0.1, -0.05) is 30.3 Å². The van der Waals surface area contributed by atoms with Gasteiger partial charge in [0.1, 0.15) is 17.3 Å². The van der Waals surface area contributed by atoms with Gasteiger partial charge in [-0.15, -0.1) is 0 Å². The molecule has 3 N–H and O–H groups in total. The molecule has 3 aromatic rings. The highest BCUT2D eigenvalue weighted by molar-refractivity contribution is 5.94. The van der Waals surface area contributed by atoms with Crippen LogP contribution in [0.1, 0.15) is 21.7 Å². The van der Waals surface area contributed by atoms with Gasteiger partial charge in [0.05, 0.1) is 19.8 Å². The predicted molar refractivity (Wildman–Crippen MR) is 104 cm³/mol. The molecule has 0 fully saturated rings. The zero-order valence-corrected chi connectivity index (χ0v) is 15.4. The van der Waals surface area contributed by atoms with E-state index in [2.05, 4.69) is 15.3 Å². The highest BCUT2D eigenvalue weighted by atomic mass is 16.5. The third kappa shape index (κ3) is 4.54. The number of aromatic amines is 1. The van der Waals surface area contributed by atoms with Crippen molar-refractivity contribution in [3.05, 3.63) is 71.5 Å². The summed E-state index contributed by atoms with van der Waals surface area (Å²) in [7, 11) is 1.61. The summed E-state index contributed by atoms with van der Waals surface area (Å²) in [6.07, 6.45) is 0.553. The summed E-state index contributed by atoms with van der Waals surface area (Å²) in [5.74, 6) is 1.06. The topological polar surface area (TPSA) is 87.2 Å². The Balaban J connectivity index is 1.73. The van der Waals surface area contributed by atoms with Crippen LogP contribution < -0.4 is 10.1 Å². The van der Waals surface area contributed by atoms with Crippen molar-refractivity contribution in [3.63, 3.8) is 0 Å². The zero-order chi connectivity index (χ0) is 19.2. The number of benzene rings is 2. The number of carbonyl (C=O) groups is 1. The molecule has 0 unspecified atom stereocenters. The van der Waals surface area contributed by atoms with Crippen LogP contribution in [0.5, 0.6) is 5.75 Å². The summed E-state index contributed by atoms with van der Waals surface area (Å²) < 4.78 is 5.16. The lowest BCUT2D eigenvalue weighted by Crippen LogP contribution is -2.39. The molecular weight excluding hydrogens is 342 g/mol. The number of hydrogen-bond donors (Lipinski definition) is 3. The van der Waals surface area contributed by atoms with Gasteiger partial charge in [0.25, 0.3) is 5.91 Å². The summed E-state index contributed by atoms with van der Waals surface area (Å²) >= 11 is 0. The number of aryl methyl sites for hydroxylation is 1. The number of hydrogen-bond acceptors (Lipinski definition) is 4. The van der Waals surface area contributed by atoms with Gasteiger partial charge >= 0.3 is 0 Å². The number of aromatic nitrogens is 2. The highest BCUT2D eigenvalue weighted by Gasteiger charge is 2.19. The van der Waals surface area contributed by atoms with E-state index in [0.717, 1.165) is 16.9 Å². The summed E-state index contributed by atoms with van der Waals surface area (Å²) in [5.41, 5.74) is 2.91. The first-order valence-electron chi connectivity index (χ1n) is 8.77. The number of rotatable bonds is 7. The summed E-state index contributed by atoms with van der Waals surface area (Å²) in [5, 5.41) is 12.5. The largest absolute Gasteiger partial charge is 0.497 e. The van der Waals surface area contributed by atoms with Crippen molar-refractivity contribution in [2.24, 2.45) is 0 Å². The molecule has 1 aromatic heterocycles. The number of aliphatic hydroxyl groups excluding tert-OH is 1. The van der Waals surface area contributed by atoms with Crippen LogP contribution in [-0.2, 0) is 6.42 Å². The van der Waals surface area contributed by atoms with Crippen LogP contribution in [0.15, 0.2) is 54.6 Å². The van der Waals surface area contributed by atoms with Crippen LogP contribution in [0.2, 0.25) is 0 Å². The quantitative estimate of drug-likeness (QED) is 0.601. The molecule has 0 saturated heterocycles. The molecule has 0 saturated carbocycles. The lowest BCUT2D eigenvalue weighted by Gasteiger charge is -2.16. The van der Waals surface area contributed by atoms with Crippen LogP contribution >= 0.6 is 0 Å². The fourth-order valence-corrected chi connectivity index (χ4v) is 2.88. The van der Waals surface area contributed by atoms with Crippen molar-refractivity contribution in [1.29, 1.82) is 0 Å². The fourth-order valence-electron chi connectivity index (χ4n) is 2.88. The summed E-state index contributed by atoms with van der Waals surface area (Å²) in [6, 6.07) is 16.8. The smallest absolute Gasteiger partial charge is 0.272 e. The van der Waals surface area contributed by atoms with Gasteiger partial charge in [-0.05, 0) is 43.2 Å². The number of methoxy groups -OCH3 is 1. The molecule has 2 aromatic carbocycles. The molecule has 0 aliphatic carbocycles. The van der Waals surface area contributed by atoms with E-state index in [1.165, 1.54) is 0 Å². The number of imidazole rings is 1. The van der Waals surface area contributed by atoms with E-state index in [1.807, 2.05) is 54.6 Å². The molecule has 6 heteroatoms. The summed E-state index contributed by atoms with van der Waals surface area (Å²) in [6.45, 7) is 1.66. The molecule has 1 atom stereocenters. The second kappa shape index (κ2) is 8.51. The van der Waals surface area contributed by atoms with Crippen molar-refractivity contribution in [3.8, 4) is 17.1 Å². The van der Waals surface area contributed by atoms with Crippen LogP contribution in [0.3, 0.4) is 0 Å². The van der Waals surface area contributed by atoms with Crippen molar-refractivity contribution in [2.45, 2.75) is 19.4 Å². The Bertz CT molecular complexity index is 889. The minimum atomic E-state index is -0.375. The number of ether oxygens (including phenoxy) is 1. The number of nitrogens with one attached hydrogen (secondary N) is 2. The van der Waals surface area contributed by atoms with Crippen LogP contribution in [0.4, 0.5) is 0 Å². The van der Waals surface area contributed by atoms with Crippen molar-refractivity contribution < 1.29 is 14.6 Å². The summed E-state index contributed by atoms with van der Waals surface area (Å²) in [4.78, 5) is 20.2. The van der Waals surface area contributed by atoms with Gasteiger partial charge in [-0.3, -0.25) is 4.79 Å². The second-order valence-electron chi connectivity index (χ2n) is 6.33. The molecule has 0 aliphatic heterocycles. The molecule has 0 bridgehead atoms. The first kappa shape index (κ1) is 18.7. The number of aliphatic hydroxyl groups is 1.